The first-order valence-corrected chi connectivity index (χ1v) is 8.33. The summed E-state index contributed by atoms with van der Waals surface area (Å²) >= 11 is 1.76. The number of benzene rings is 1. The van der Waals surface area contributed by atoms with Gasteiger partial charge in [0.05, 0.1) is 0 Å². The van der Waals surface area contributed by atoms with Gasteiger partial charge in [-0.2, -0.15) is 0 Å². The average molecular weight is 300 g/mol. The van der Waals surface area contributed by atoms with Crippen LogP contribution in [0.15, 0.2) is 59.6 Å². The van der Waals surface area contributed by atoms with Gasteiger partial charge in [-0.05, 0) is 37.2 Å². The number of thioether (sulfide) groups is 1. The van der Waals surface area contributed by atoms with Crippen LogP contribution in [-0.4, -0.2) is 29.9 Å². The summed E-state index contributed by atoms with van der Waals surface area (Å²) in [6.45, 7) is 1.83. The van der Waals surface area contributed by atoms with Crippen molar-refractivity contribution in [2.45, 2.75) is 23.8 Å². The zero-order valence-electron chi connectivity index (χ0n) is 12.2. The lowest BCUT2D eigenvalue weighted by molar-refractivity contribution is 0.583. The average Bonchev–Trinajstić information content (AvgIpc) is 2.54. The van der Waals surface area contributed by atoms with E-state index < -0.39 is 0 Å². The van der Waals surface area contributed by atoms with Crippen molar-refractivity contribution in [3.05, 3.63) is 60.4 Å². The molecule has 1 atom stereocenters. The number of nitrogens with one attached hydrogen (secondary N) is 2. The molecule has 0 saturated carbocycles. The first-order chi connectivity index (χ1) is 10.3. The van der Waals surface area contributed by atoms with Crippen LogP contribution >= 0.6 is 11.8 Å². The summed E-state index contributed by atoms with van der Waals surface area (Å²) in [5.74, 6) is 0.853. The Morgan fingerprint density at radius 2 is 1.86 bits per heavy atom. The Morgan fingerprint density at radius 1 is 1.05 bits per heavy atom. The monoisotopic (exact) mass is 300 g/mol. The molecule has 0 saturated heterocycles. The van der Waals surface area contributed by atoms with Gasteiger partial charge in [0, 0.05) is 41.5 Å². The summed E-state index contributed by atoms with van der Waals surface area (Å²) in [4.78, 5) is 5.54. The number of nitrogens with zero attached hydrogens (tertiary/aromatic N) is 1. The fourth-order valence-electron chi connectivity index (χ4n) is 1.96. The van der Waals surface area contributed by atoms with Crippen LogP contribution in [0, 0.1) is 0 Å². The van der Waals surface area contributed by atoms with Crippen LogP contribution in [0.3, 0.4) is 0 Å². The molecule has 1 radical (unpaired) electrons. The maximum Gasteiger partial charge on any atom is 0.0416 e. The molecule has 1 heterocycles. The van der Waals surface area contributed by atoms with Crippen LogP contribution in [-0.2, 0) is 6.42 Å². The lowest BCUT2D eigenvalue weighted by Crippen LogP contribution is -2.24. The highest BCUT2D eigenvalue weighted by atomic mass is 32.2. The van der Waals surface area contributed by atoms with E-state index in [0.717, 1.165) is 37.4 Å². The molecular formula is C17H22N3S. The van der Waals surface area contributed by atoms with E-state index in [-0.39, 0.29) is 6.04 Å². The van der Waals surface area contributed by atoms with E-state index in [2.05, 4.69) is 22.4 Å². The lowest BCUT2D eigenvalue weighted by Gasteiger charge is -2.11. The Labute approximate surface area is 131 Å². The lowest BCUT2D eigenvalue weighted by atomic mass is 10.2. The molecule has 2 aromatic rings. The number of rotatable bonds is 9. The Kier molecular flexibility index (Phi) is 7.29. The fraction of sp³-hybridized carbons (Fsp3) is 0.353. The van der Waals surface area contributed by atoms with Crippen LogP contribution in [0.1, 0.15) is 12.1 Å². The molecule has 0 bridgehead atoms. The third-order valence-electron chi connectivity index (χ3n) is 3.15. The first-order valence-electron chi connectivity index (χ1n) is 7.34. The second kappa shape index (κ2) is 9.55. The zero-order chi connectivity index (χ0) is 14.8. The highest BCUT2D eigenvalue weighted by Crippen LogP contribution is 2.18. The van der Waals surface area contributed by atoms with E-state index in [1.807, 2.05) is 42.6 Å². The summed E-state index contributed by atoms with van der Waals surface area (Å²) in [5, 5.41) is 3.39. The molecule has 0 fully saturated rings. The van der Waals surface area contributed by atoms with E-state index in [1.165, 1.54) is 4.90 Å². The van der Waals surface area contributed by atoms with Crippen LogP contribution in [0.2, 0.25) is 0 Å². The van der Waals surface area contributed by atoms with E-state index in [0.29, 0.717) is 0 Å². The van der Waals surface area contributed by atoms with Gasteiger partial charge in [-0.1, -0.05) is 24.3 Å². The predicted molar refractivity (Wildman–Crippen MR) is 89.5 cm³/mol. The van der Waals surface area contributed by atoms with E-state index in [1.54, 1.807) is 11.8 Å². The zero-order valence-corrected chi connectivity index (χ0v) is 13.0. The maximum atomic E-state index is 8.05. The van der Waals surface area contributed by atoms with Crippen LogP contribution in [0.5, 0.6) is 0 Å². The Bertz CT molecular complexity index is 490. The van der Waals surface area contributed by atoms with Gasteiger partial charge in [-0.3, -0.25) is 10.7 Å². The highest BCUT2D eigenvalue weighted by molar-refractivity contribution is 7.99. The van der Waals surface area contributed by atoms with Gasteiger partial charge < -0.3 is 5.32 Å². The molecule has 0 aliphatic heterocycles. The number of pyridine rings is 1. The van der Waals surface area contributed by atoms with Gasteiger partial charge in [-0.25, -0.2) is 0 Å². The van der Waals surface area contributed by atoms with Crippen molar-refractivity contribution in [2.24, 2.45) is 0 Å². The predicted octanol–water partition coefficient (Wildman–Crippen LogP) is 3.05. The van der Waals surface area contributed by atoms with Crippen LogP contribution < -0.4 is 11.1 Å². The van der Waals surface area contributed by atoms with Crippen LogP contribution in [0.4, 0.5) is 0 Å². The van der Waals surface area contributed by atoms with Crippen molar-refractivity contribution < 1.29 is 0 Å². The van der Waals surface area contributed by atoms with E-state index >= 15 is 0 Å². The number of hydrogen-bond acceptors (Lipinski definition) is 3. The van der Waals surface area contributed by atoms with Gasteiger partial charge >= 0.3 is 0 Å². The molecule has 4 heteroatoms. The smallest absolute Gasteiger partial charge is 0.0416 e. The standard InChI is InChI=1S/C17H22N3S/c18-15(14-21-17-7-2-1-3-8-17)9-12-19-13-10-16-6-4-5-11-20-16/h1-8,11,15,18-19H,9-10,12-14H2/t15-/m1/s1. The molecule has 0 aliphatic carbocycles. The van der Waals surface area contributed by atoms with Crippen molar-refractivity contribution in [3.63, 3.8) is 0 Å². The number of aromatic nitrogens is 1. The summed E-state index contributed by atoms with van der Waals surface area (Å²) in [7, 11) is 0. The van der Waals surface area contributed by atoms with Crippen LogP contribution in [0.25, 0.3) is 0 Å². The Morgan fingerprint density at radius 3 is 2.62 bits per heavy atom. The van der Waals surface area contributed by atoms with Crippen molar-refractivity contribution >= 4 is 11.8 Å². The van der Waals surface area contributed by atoms with Gasteiger partial charge in [0.2, 0.25) is 0 Å². The Hall–Kier alpha value is -1.36. The summed E-state index contributed by atoms with van der Waals surface area (Å²) in [6.07, 6.45) is 3.67. The van der Waals surface area contributed by atoms with E-state index in [4.69, 9.17) is 5.73 Å². The highest BCUT2D eigenvalue weighted by Gasteiger charge is 2.04. The molecule has 2 N–H and O–H groups in total. The number of hydrogen-bond donors (Lipinski definition) is 1. The molecule has 1 aromatic heterocycles. The molecule has 21 heavy (non-hydrogen) atoms. The van der Waals surface area contributed by atoms with Crippen molar-refractivity contribution in [1.82, 2.24) is 16.0 Å². The second-order valence-corrected chi connectivity index (χ2v) is 6.02. The molecular weight excluding hydrogens is 278 g/mol. The summed E-state index contributed by atoms with van der Waals surface area (Å²) < 4.78 is 0. The molecule has 0 amide bonds. The van der Waals surface area contributed by atoms with Gasteiger partial charge in [0.15, 0.2) is 0 Å². The third-order valence-corrected chi connectivity index (χ3v) is 4.32. The minimum Gasteiger partial charge on any atom is -0.316 e. The van der Waals surface area contributed by atoms with Crippen molar-refractivity contribution in [2.75, 3.05) is 18.8 Å². The summed E-state index contributed by atoms with van der Waals surface area (Å²) in [6, 6.07) is 16.3. The minimum atomic E-state index is -0.0162. The quantitative estimate of drug-likeness (QED) is 0.572. The van der Waals surface area contributed by atoms with Crippen molar-refractivity contribution in [1.29, 1.82) is 0 Å². The fourth-order valence-corrected chi connectivity index (χ4v) is 2.87. The largest absolute Gasteiger partial charge is 0.316 e. The maximum absolute atomic E-state index is 8.05. The van der Waals surface area contributed by atoms with Gasteiger partial charge in [0.1, 0.15) is 0 Å². The topological polar surface area (TPSA) is 48.7 Å². The SMILES string of the molecule is [NH][C@H](CCNCCc1ccccn1)CSc1ccccc1. The molecule has 0 aliphatic rings. The Balaban J connectivity index is 1.52. The third kappa shape index (κ3) is 6.76. The molecule has 3 nitrogen and oxygen atoms in total. The molecule has 0 spiro atoms. The minimum absolute atomic E-state index is 0.0162. The van der Waals surface area contributed by atoms with E-state index in [9.17, 15) is 0 Å². The van der Waals surface area contributed by atoms with Gasteiger partial charge in [-0.15, -0.1) is 11.8 Å². The second-order valence-electron chi connectivity index (χ2n) is 4.93. The normalized spacial score (nSPS) is 12.2. The van der Waals surface area contributed by atoms with Gasteiger partial charge in [0.25, 0.3) is 0 Å². The molecule has 111 valence electrons. The summed E-state index contributed by atoms with van der Waals surface area (Å²) in [5.41, 5.74) is 9.17. The molecule has 0 unspecified atom stereocenters. The first kappa shape index (κ1) is 16.0. The molecule has 2 rings (SSSR count). The van der Waals surface area contributed by atoms with Crippen molar-refractivity contribution in [3.8, 4) is 0 Å². The molecule has 1 aromatic carbocycles.